The maximum Gasteiger partial charge on any atom is 0.137 e. The fraction of sp³-hybridized carbons (Fsp3) is 0.500. The van der Waals surface area contributed by atoms with Crippen molar-refractivity contribution < 1.29 is 4.79 Å². The van der Waals surface area contributed by atoms with Crippen LogP contribution in [0.3, 0.4) is 0 Å². The highest BCUT2D eigenvalue weighted by Gasteiger charge is 2.14. The molecule has 1 aromatic rings. The summed E-state index contributed by atoms with van der Waals surface area (Å²) in [4.78, 5) is 16.2. The van der Waals surface area contributed by atoms with E-state index < -0.39 is 0 Å². The molecule has 1 aromatic carbocycles. The molecule has 2 rings (SSSR count). The Hall–Kier alpha value is -1.44. The van der Waals surface area contributed by atoms with Gasteiger partial charge in [0.2, 0.25) is 0 Å². The highest BCUT2D eigenvalue weighted by atomic mass is 16.1. The zero-order chi connectivity index (χ0) is 13.2. The highest BCUT2D eigenvalue weighted by molar-refractivity contribution is 5.85. The Morgan fingerprint density at radius 3 is 2.83 bits per heavy atom. The fourth-order valence-electron chi connectivity index (χ4n) is 2.10. The number of ketones is 1. The van der Waals surface area contributed by atoms with Gasteiger partial charge in [-0.25, -0.2) is 0 Å². The smallest absolute Gasteiger partial charge is 0.137 e. The summed E-state index contributed by atoms with van der Waals surface area (Å²) in [5.41, 5.74) is 3.80. The molecule has 0 radical (unpaired) electrons. The number of carbonyl (C=O) groups excluding carboxylic acids is 1. The molecule has 96 valence electrons. The van der Waals surface area contributed by atoms with Crippen LogP contribution in [0.25, 0.3) is 0 Å². The molecule has 0 saturated heterocycles. The summed E-state index contributed by atoms with van der Waals surface area (Å²) in [5.74, 6) is 0.337. The quantitative estimate of drug-likeness (QED) is 0.795. The normalized spacial score (nSPS) is 13.7. The minimum atomic E-state index is 0.238. The largest absolute Gasteiger partial charge is 0.299 e. The fourth-order valence-corrected chi connectivity index (χ4v) is 2.10. The molecule has 0 atom stereocenters. The Labute approximate surface area is 109 Å². The van der Waals surface area contributed by atoms with Crippen LogP contribution in [-0.2, 0) is 17.8 Å². The third-order valence-corrected chi connectivity index (χ3v) is 3.25. The molecule has 0 spiro atoms. The maximum atomic E-state index is 11.9. The van der Waals surface area contributed by atoms with Crippen molar-refractivity contribution in [2.45, 2.75) is 46.6 Å². The minimum Gasteiger partial charge on any atom is -0.299 e. The molecule has 2 nitrogen and oxygen atoms in total. The molecular weight excluding hydrogens is 222 g/mol. The van der Waals surface area contributed by atoms with Gasteiger partial charge in [0.05, 0.1) is 6.54 Å². The van der Waals surface area contributed by atoms with E-state index in [1.165, 1.54) is 11.1 Å². The van der Waals surface area contributed by atoms with Gasteiger partial charge in [0, 0.05) is 19.1 Å². The van der Waals surface area contributed by atoms with Crippen LogP contribution in [0.4, 0.5) is 0 Å². The van der Waals surface area contributed by atoms with Crippen LogP contribution >= 0.6 is 0 Å². The Balaban J connectivity index is 1.92. The monoisotopic (exact) mass is 243 g/mol. The zero-order valence-corrected chi connectivity index (χ0v) is 11.5. The minimum absolute atomic E-state index is 0.238. The van der Waals surface area contributed by atoms with Crippen molar-refractivity contribution >= 4 is 12.0 Å². The lowest BCUT2D eigenvalue weighted by Crippen LogP contribution is -2.10. The Kier molecular flexibility index (Phi) is 3.65. The number of hydrogen-bond acceptors (Lipinski definition) is 2. The van der Waals surface area contributed by atoms with E-state index in [0.29, 0.717) is 18.6 Å². The first-order valence-corrected chi connectivity index (χ1v) is 6.57. The van der Waals surface area contributed by atoms with Crippen LogP contribution in [0.15, 0.2) is 23.2 Å². The molecule has 0 amide bonds. The first kappa shape index (κ1) is 13.0. The van der Waals surface area contributed by atoms with Gasteiger partial charge in [0.25, 0.3) is 0 Å². The van der Waals surface area contributed by atoms with Gasteiger partial charge in [-0.05, 0) is 28.5 Å². The van der Waals surface area contributed by atoms with Crippen LogP contribution in [0.5, 0.6) is 0 Å². The van der Waals surface area contributed by atoms with Crippen molar-refractivity contribution in [2.24, 2.45) is 10.4 Å². The topological polar surface area (TPSA) is 29.4 Å². The molecular formula is C16H21NO. The summed E-state index contributed by atoms with van der Waals surface area (Å²) < 4.78 is 0. The van der Waals surface area contributed by atoms with Crippen LogP contribution in [0.1, 0.15) is 50.3 Å². The van der Waals surface area contributed by atoms with Crippen molar-refractivity contribution in [3.8, 4) is 0 Å². The third-order valence-electron chi connectivity index (χ3n) is 3.25. The van der Waals surface area contributed by atoms with Gasteiger partial charge in [-0.1, -0.05) is 39.0 Å². The lowest BCUT2D eigenvalue weighted by molar-refractivity contribution is -0.118. The number of fused-ring (bicyclic) bond motifs is 1. The van der Waals surface area contributed by atoms with Gasteiger partial charge in [-0.2, -0.15) is 0 Å². The van der Waals surface area contributed by atoms with Crippen molar-refractivity contribution in [1.82, 2.24) is 0 Å². The van der Waals surface area contributed by atoms with Crippen LogP contribution in [0.2, 0.25) is 0 Å². The average molecular weight is 243 g/mol. The van der Waals surface area contributed by atoms with E-state index in [4.69, 9.17) is 0 Å². The molecule has 0 aliphatic carbocycles. The summed E-state index contributed by atoms with van der Waals surface area (Å²) in [6.45, 7) is 7.28. The summed E-state index contributed by atoms with van der Waals surface area (Å²) in [6, 6.07) is 6.24. The van der Waals surface area contributed by atoms with Crippen LogP contribution in [0, 0.1) is 5.41 Å². The second kappa shape index (κ2) is 5.05. The molecule has 0 aromatic heterocycles. The molecule has 0 saturated carbocycles. The molecule has 1 heterocycles. The van der Waals surface area contributed by atoms with Crippen molar-refractivity contribution in [1.29, 1.82) is 0 Å². The Bertz CT molecular complexity index is 480. The summed E-state index contributed by atoms with van der Waals surface area (Å²) in [6.07, 6.45) is 4.10. The van der Waals surface area contributed by atoms with Crippen LogP contribution < -0.4 is 0 Å². The van der Waals surface area contributed by atoms with E-state index in [-0.39, 0.29) is 5.41 Å². The van der Waals surface area contributed by atoms with E-state index in [2.05, 4.69) is 37.9 Å². The molecule has 1 aliphatic rings. The van der Waals surface area contributed by atoms with E-state index in [1.807, 2.05) is 12.3 Å². The first-order chi connectivity index (χ1) is 8.44. The van der Waals surface area contributed by atoms with Crippen LogP contribution in [-0.4, -0.2) is 12.0 Å². The number of carbonyl (C=O) groups is 1. The zero-order valence-electron chi connectivity index (χ0n) is 11.5. The van der Waals surface area contributed by atoms with Gasteiger partial charge in [0.1, 0.15) is 5.78 Å². The van der Waals surface area contributed by atoms with Gasteiger partial charge >= 0.3 is 0 Å². The molecule has 0 bridgehead atoms. The standard InChI is InChI=1S/C16H21NO/c1-16(2,3)7-6-15(18)9-12-4-5-13-10-17-11-14(13)8-12/h4-5,8,10H,6-7,9,11H2,1-3H3. The molecule has 0 N–H and O–H groups in total. The van der Waals surface area contributed by atoms with Gasteiger partial charge < -0.3 is 0 Å². The predicted octanol–water partition coefficient (Wildman–Crippen LogP) is 3.56. The number of nitrogens with zero attached hydrogens (tertiary/aromatic N) is 1. The van der Waals surface area contributed by atoms with E-state index in [1.54, 1.807) is 0 Å². The van der Waals surface area contributed by atoms with Crippen molar-refractivity contribution in [2.75, 3.05) is 0 Å². The van der Waals surface area contributed by atoms with Gasteiger partial charge in [0.15, 0.2) is 0 Å². The second-order valence-corrected chi connectivity index (χ2v) is 6.28. The number of hydrogen-bond donors (Lipinski definition) is 0. The predicted molar refractivity (Wildman–Crippen MR) is 75.1 cm³/mol. The lowest BCUT2D eigenvalue weighted by atomic mass is 9.88. The van der Waals surface area contributed by atoms with Crippen molar-refractivity contribution in [3.05, 3.63) is 34.9 Å². The van der Waals surface area contributed by atoms with E-state index in [9.17, 15) is 4.79 Å². The number of rotatable bonds is 4. The highest BCUT2D eigenvalue weighted by Crippen LogP contribution is 2.22. The number of aliphatic imine (C=N–C) groups is 1. The molecule has 0 unspecified atom stereocenters. The second-order valence-electron chi connectivity index (χ2n) is 6.28. The molecule has 1 aliphatic heterocycles. The average Bonchev–Trinajstić information content (AvgIpc) is 2.72. The number of benzene rings is 1. The first-order valence-electron chi connectivity index (χ1n) is 6.57. The van der Waals surface area contributed by atoms with E-state index in [0.717, 1.165) is 18.5 Å². The third kappa shape index (κ3) is 3.52. The Morgan fingerprint density at radius 2 is 2.11 bits per heavy atom. The molecule has 2 heteroatoms. The summed E-state index contributed by atoms with van der Waals surface area (Å²) >= 11 is 0. The molecule has 18 heavy (non-hydrogen) atoms. The molecule has 0 fully saturated rings. The lowest BCUT2D eigenvalue weighted by Gasteiger charge is -2.17. The summed E-state index contributed by atoms with van der Waals surface area (Å²) in [5, 5.41) is 0. The number of Topliss-reactive ketones (excluding diaryl/α,β-unsaturated/α-hetero) is 1. The van der Waals surface area contributed by atoms with E-state index >= 15 is 0 Å². The van der Waals surface area contributed by atoms with Gasteiger partial charge in [-0.15, -0.1) is 0 Å². The van der Waals surface area contributed by atoms with Gasteiger partial charge in [-0.3, -0.25) is 9.79 Å². The Morgan fingerprint density at radius 1 is 1.33 bits per heavy atom. The maximum absolute atomic E-state index is 11.9. The van der Waals surface area contributed by atoms with Crippen molar-refractivity contribution in [3.63, 3.8) is 0 Å². The SMILES string of the molecule is CC(C)(C)CCC(=O)Cc1ccc2c(c1)CN=C2. The summed E-state index contributed by atoms with van der Waals surface area (Å²) in [7, 11) is 0.